The molecule has 25 heavy (non-hydrogen) atoms. The summed E-state index contributed by atoms with van der Waals surface area (Å²) in [6.45, 7) is 2.08. The number of thiazole rings is 1. The van der Waals surface area contributed by atoms with E-state index in [0.29, 0.717) is 24.8 Å². The second-order valence-corrected chi connectivity index (χ2v) is 6.94. The van der Waals surface area contributed by atoms with Crippen molar-refractivity contribution in [3.63, 3.8) is 0 Å². The number of benzene rings is 2. The van der Waals surface area contributed by atoms with Gasteiger partial charge in [0.05, 0.1) is 18.9 Å². The number of morpholine rings is 1. The number of ether oxygens (including phenoxy) is 1. The topological polar surface area (TPSA) is 63.2 Å². The zero-order valence-corrected chi connectivity index (χ0v) is 14.5. The summed E-state index contributed by atoms with van der Waals surface area (Å²) in [5.74, 6) is -0.0394. The van der Waals surface area contributed by atoms with Crippen molar-refractivity contribution in [1.82, 2.24) is 10.3 Å². The number of hydrogen-bond acceptors (Lipinski definition) is 5. The van der Waals surface area contributed by atoms with Crippen LogP contribution < -0.4 is 10.6 Å². The van der Waals surface area contributed by atoms with Gasteiger partial charge in [-0.05, 0) is 16.8 Å². The Morgan fingerprint density at radius 3 is 3.00 bits per heavy atom. The number of rotatable bonds is 4. The fourth-order valence-electron chi connectivity index (χ4n) is 2.96. The van der Waals surface area contributed by atoms with Crippen molar-refractivity contribution in [1.29, 1.82) is 0 Å². The summed E-state index contributed by atoms with van der Waals surface area (Å²) in [6, 6.07) is 14.6. The van der Waals surface area contributed by atoms with Crippen molar-refractivity contribution in [2.24, 2.45) is 0 Å². The first-order chi connectivity index (χ1) is 12.3. The van der Waals surface area contributed by atoms with E-state index < -0.39 is 0 Å². The van der Waals surface area contributed by atoms with Crippen LogP contribution in [0.2, 0.25) is 0 Å². The molecule has 6 heteroatoms. The van der Waals surface area contributed by atoms with Crippen molar-refractivity contribution in [2.75, 3.05) is 25.1 Å². The molecule has 5 nitrogen and oxygen atoms in total. The van der Waals surface area contributed by atoms with Gasteiger partial charge in [0.1, 0.15) is 0 Å². The van der Waals surface area contributed by atoms with Gasteiger partial charge in [-0.2, -0.15) is 0 Å². The molecule has 3 aromatic rings. The number of carbonyl (C=O) groups is 1. The molecule has 1 amide bonds. The molecule has 4 rings (SSSR count). The average molecular weight is 353 g/mol. The summed E-state index contributed by atoms with van der Waals surface area (Å²) in [4.78, 5) is 16.7. The molecule has 0 spiro atoms. The van der Waals surface area contributed by atoms with Gasteiger partial charge in [-0.25, -0.2) is 4.98 Å². The molecule has 1 fully saturated rings. The van der Waals surface area contributed by atoms with E-state index in [2.05, 4.69) is 45.9 Å². The van der Waals surface area contributed by atoms with Gasteiger partial charge in [-0.3, -0.25) is 4.79 Å². The fourth-order valence-corrected chi connectivity index (χ4v) is 3.69. The Kier molecular flexibility index (Phi) is 4.74. The Morgan fingerprint density at radius 2 is 2.16 bits per heavy atom. The van der Waals surface area contributed by atoms with Crippen LogP contribution in [-0.4, -0.2) is 36.7 Å². The SMILES string of the molecule is O=C(CC1COCCN1)Nc1nc(-c2ccc3ccccc3c2)cs1. The van der Waals surface area contributed by atoms with E-state index in [0.717, 1.165) is 17.8 Å². The Balaban J connectivity index is 1.44. The van der Waals surface area contributed by atoms with E-state index in [1.807, 2.05) is 17.5 Å². The maximum absolute atomic E-state index is 12.2. The molecule has 0 radical (unpaired) electrons. The maximum atomic E-state index is 12.2. The first-order valence-electron chi connectivity index (χ1n) is 8.33. The van der Waals surface area contributed by atoms with E-state index in [4.69, 9.17) is 4.74 Å². The third kappa shape index (κ3) is 3.87. The molecule has 1 unspecified atom stereocenters. The molecule has 0 saturated carbocycles. The van der Waals surface area contributed by atoms with E-state index in [1.54, 1.807) is 0 Å². The molecule has 2 N–H and O–H groups in total. The van der Waals surface area contributed by atoms with Crippen LogP contribution in [0.4, 0.5) is 5.13 Å². The monoisotopic (exact) mass is 353 g/mol. The average Bonchev–Trinajstić information content (AvgIpc) is 3.10. The van der Waals surface area contributed by atoms with Gasteiger partial charge in [0.25, 0.3) is 0 Å². The number of fused-ring (bicyclic) bond motifs is 1. The number of hydrogen-bond donors (Lipinski definition) is 2. The first kappa shape index (κ1) is 16.2. The minimum Gasteiger partial charge on any atom is -0.378 e. The molecular formula is C19H19N3O2S. The Morgan fingerprint density at radius 1 is 1.28 bits per heavy atom. The van der Waals surface area contributed by atoms with Crippen LogP contribution in [-0.2, 0) is 9.53 Å². The molecule has 1 atom stereocenters. The van der Waals surface area contributed by atoms with Crippen molar-refractivity contribution in [2.45, 2.75) is 12.5 Å². The largest absolute Gasteiger partial charge is 0.378 e. The third-order valence-corrected chi connectivity index (χ3v) is 4.98. The van der Waals surface area contributed by atoms with Gasteiger partial charge in [-0.15, -0.1) is 11.3 Å². The van der Waals surface area contributed by atoms with E-state index in [9.17, 15) is 4.79 Å². The van der Waals surface area contributed by atoms with Crippen molar-refractivity contribution in [3.05, 3.63) is 47.8 Å². The number of nitrogens with zero attached hydrogens (tertiary/aromatic N) is 1. The van der Waals surface area contributed by atoms with E-state index >= 15 is 0 Å². The Labute approximate surface area is 150 Å². The quantitative estimate of drug-likeness (QED) is 0.756. The highest BCUT2D eigenvalue weighted by atomic mass is 32.1. The molecule has 2 aromatic carbocycles. The number of amides is 1. The van der Waals surface area contributed by atoms with Crippen LogP contribution in [0.3, 0.4) is 0 Å². The summed E-state index contributed by atoms with van der Waals surface area (Å²) in [6.07, 6.45) is 0.394. The van der Waals surface area contributed by atoms with Gasteiger partial charge in [0, 0.05) is 30.0 Å². The minimum absolute atomic E-state index is 0.0394. The Bertz CT molecular complexity index is 887. The molecule has 1 saturated heterocycles. The lowest BCUT2D eigenvalue weighted by atomic mass is 10.1. The highest BCUT2D eigenvalue weighted by Gasteiger charge is 2.17. The lowest BCUT2D eigenvalue weighted by Crippen LogP contribution is -2.43. The number of carbonyl (C=O) groups excluding carboxylic acids is 1. The Hall–Kier alpha value is -2.28. The molecule has 0 aliphatic carbocycles. The molecule has 1 aliphatic heterocycles. The van der Waals surface area contributed by atoms with Crippen LogP contribution in [0.25, 0.3) is 22.0 Å². The van der Waals surface area contributed by atoms with E-state index in [1.165, 1.54) is 22.1 Å². The summed E-state index contributed by atoms with van der Waals surface area (Å²) < 4.78 is 5.37. The zero-order valence-electron chi connectivity index (χ0n) is 13.7. The molecule has 0 bridgehead atoms. The van der Waals surface area contributed by atoms with Crippen molar-refractivity contribution < 1.29 is 9.53 Å². The lowest BCUT2D eigenvalue weighted by Gasteiger charge is -2.22. The van der Waals surface area contributed by atoms with E-state index in [-0.39, 0.29) is 11.9 Å². The van der Waals surface area contributed by atoms with Crippen molar-refractivity contribution in [3.8, 4) is 11.3 Å². The summed E-state index contributed by atoms with van der Waals surface area (Å²) in [7, 11) is 0. The zero-order chi connectivity index (χ0) is 17.1. The number of aromatic nitrogens is 1. The predicted octanol–water partition coefficient (Wildman–Crippen LogP) is 3.28. The minimum atomic E-state index is -0.0394. The summed E-state index contributed by atoms with van der Waals surface area (Å²) in [5.41, 5.74) is 1.93. The first-order valence-corrected chi connectivity index (χ1v) is 9.21. The maximum Gasteiger partial charge on any atom is 0.227 e. The van der Waals surface area contributed by atoms with Crippen LogP contribution in [0, 0.1) is 0 Å². The van der Waals surface area contributed by atoms with Gasteiger partial charge < -0.3 is 15.4 Å². The number of anilines is 1. The van der Waals surface area contributed by atoms with Gasteiger partial charge >= 0.3 is 0 Å². The second kappa shape index (κ2) is 7.31. The predicted molar refractivity (Wildman–Crippen MR) is 101 cm³/mol. The molecule has 1 aliphatic rings. The highest BCUT2D eigenvalue weighted by molar-refractivity contribution is 7.14. The number of nitrogens with one attached hydrogen (secondary N) is 2. The molecular weight excluding hydrogens is 334 g/mol. The van der Waals surface area contributed by atoms with Crippen LogP contribution >= 0.6 is 11.3 Å². The fraction of sp³-hybridized carbons (Fsp3) is 0.263. The molecule has 1 aromatic heterocycles. The van der Waals surface area contributed by atoms with Crippen LogP contribution in [0.1, 0.15) is 6.42 Å². The van der Waals surface area contributed by atoms with Gasteiger partial charge in [-0.1, -0.05) is 36.4 Å². The summed E-state index contributed by atoms with van der Waals surface area (Å²) >= 11 is 1.45. The van der Waals surface area contributed by atoms with Gasteiger partial charge in [0.15, 0.2) is 5.13 Å². The lowest BCUT2D eigenvalue weighted by molar-refractivity contribution is -0.117. The second-order valence-electron chi connectivity index (χ2n) is 6.08. The standard InChI is InChI=1S/C19H19N3O2S/c23-18(10-16-11-24-8-7-20-16)22-19-21-17(12-25-19)15-6-5-13-3-1-2-4-14(13)9-15/h1-6,9,12,16,20H,7-8,10-11H2,(H,21,22,23). The van der Waals surface area contributed by atoms with Crippen LogP contribution in [0.15, 0.2) is 47.8 Å². The molecule has 2 heterocycles. The third-order valence-electron chi connectivity index (χ3n) is 4.23. The summed E-state index contributed by atoms with van der Waals surface area (Å²) in [5, 5.41) is 11.2. The van der Waals surface area contributed by atoms with Crippen LogP contribution in [0.5, 0.6) is 0 Å². The normalized spacial score (nSPS) is 17.5. The highest BCUT2D eigenvalue weighted by Crippen LogP contribution is 2.27. The molecule has 128 valence electrons. The van der Waals surface area contributed by atoms with Crippen molar-refractivity contribution >= 4 is 33.1 Å². The van der Waals surface area contributed by atoms with Gasteiger partial charge in [0.2, 0.25) is 5.91 Å². The smallest absolute Gasteiger partial charge is 0.227 e.